The molecule has 0 N–H and O–H groups in total. The Kier molecular flexibility index (Phi) is 5.29. The molecule has 0 amide bonds. The molecular formula is C26H21BrO3. The molecule has 1 aliphatic rings. The van der Waals surface area contributed by atoms with Crippen LogP contribution in [0, 0.1) is 12.3 Å². The van der Waals surface area contributed by atoms with Gasteiger partial charge in [-0.25, -0.2) is 0 Å². The van der Waals surface area contributed by atoms with E-state index in [0.717, 1.165) is 11.1 Å². The van der Waals surface area contributed by atoms with E-state index >= 15 is 0 Å². The summed E-state index contributed by atoms with van der Waals surface area (Å²) in [6.45, 7) is 3.60. The molecule has 0 heterocycles. The summed E-state index contributed by atoms with van der Waals surface area (Å²) in [6, 6.07) is 23.6. The maximum Gasteiger partial charge on any atom is 0.177 e. The van der Waals surface area contributed by atoms with Gasteiger partial charge in [0.1, 0.15) is 5.41 Å². The Labute approximate surface area is 184 Å². The summed E-state index contributed by atoms with van der Waals surface area (Å²) < 4.78 is 0. The first-order valence-electron chi connectivity index (χ1n) is 9.84. The van der Waals surface area contributed by atoms with Gasteiger partial charge in [0, 0.05) is 22.6 Å². The van der Waals surface area contributed by atoms with Crippen LogP contribution in [-0.2, 0) is 0 Å². The molecule has 2 atom stereocenters. The summed E-state index contributed by atoms with van der Waals surface area (Å²) in [7, 11) is 0. The second-order valence-corrected chi connectivity index (χ2v) is 8.92. The fraction of sp³-hybridized carbons (Fsp3) is 0.192. The van der Waals surface area contributed by atoms with Crippen molar-refractivity contribution in [3.63, 3.8) is 0 Å². The first kappa shape index (κ1) is 20.4. The van der Waals surface area contributed by atoms with Crippen molar-refractivity contribution in [2.75, 3.05) is 0 Å². The van der Waals surface area contributed by atoms with Crippen LogP contribution in [0.1, 0.15) is 55.0 Å². The van der Waals surface area contributed by atoms with Crippen molar-refractivity contribution >= 4 is 33.3 Å². The van der Waals surface area contributed by atoms with Crippen LogP contribution in [-0.4, -0.2) is 22.2 Å². The molecule has 150 valence electrons. The summed E-state index contributed by atoms with van der Waals surface area (Å²) in [5, 5.41) is 0. The molecule has 0 fully saturated rings. The monoisotopic (exact) mass is 460 g/mol. The van der Waals surface area contributed by atoms with Crippen molar-refractivity contribution in [1.29, 1.82) is 0 Å². The van der Waals surface area contributed by atoms with Gasteiger partial charge in [0.15, 0.2) is 17.3 Å². The molecule has 0 unspecified atom stereocenters. The number of carbonyl (C=O) groups is 3. The van der Waals surface area contributed by atoms with Gasteiger partial charge in [0.25, 0.3) is 0 Å². The summed E-state index contributed by atoms with van der Waals surface area (Å²) in [6.07, 6.45) is 0. The number of fused-ring (bicyclic) bond motifs is 1. The Balaban J connectivity index is 1.85. The quantitative estimate of drug-likeness (QED) is 0.274. The van der Waals surface area contributed by atoms with E-state index in [2.05, 4.69) is 15.9 Å². The van der Waals surface area contributed by atoms with Crippen LogP contribution < -0.4 is 0 Å². The van der Waals surface area contributed by atoms with Crippen molar-refractivity contribution in [2.45, 2.75) is 24.6 Å². The number of hydrogen-bond donors (Lipinski definition) is 0. The number of hydrogen-bond acceptors (Lipinski definition) is 3. The molecule has 4 rings (SSSR count). The van der Waals surface area contributed by atoms with Gasteiger partial charge in [-0.05, 0) is 25.5 Å². The zero-order chi connectivity index (χ0) is 21.5. The van der Waals surface area contributed by atoms with Gasteiger partial charge >= 0.3 is 0 Å². The molecule has 0 aliphatic heterocycles. The Morgan fingerprint density at radius 2 is 1.40 bits per heavy atom. The molecule has 1 aliphatic carbocycles. The highest BCUT2D eigenvalue weighted by Crippen LogP contribution is 2.50. The van der Waals surface area contributed by atoms with Gasteiger partial charge in [0.2, 0.25) is 0 Å². The van der Waals surface area contributed by atoms with E-state index in [1.54, 1.807) is 37.3 Å². The van der Waals surface area contributed by atoms with Crippen LogP contribution in [0.15, 0.2) is 78.9 Å². The Hall–Kier alpha value is -2.85. The van der Waals surface area contributed by atoms with E-state index in [1.165, 1.54) is 0 Å². The molecule has 3 aromatic carbocycles. The predicted octanol–water partition coefficient (Wildman–Crippen LogP) is 5.81. The highest BCUT2D eigenvalue weighted by molar-refractivity contribution is 9.10. The third kappa shape index (κ3) is 3.16. The van der Waals surface area contributed by atoms with Crippen LogP contribution >= 0.6 is 15.9 Å². The number of Topliss-reactive ketones (excluding diaryl/α,β-unsaturated/α-hetero) is 3. The second kappa shape index (κ2) is 7.77. The Bertz CT molecular complexity index is 1110. The van der Waals surface area contributed by atoms with Crippen LogP contribution in [0.2, 0.25) is 0 Å². The van der Waals surface area contributed by atoms with E-state index in [-0.39, 0.29) is 17.3 Å². The fourth-order valence-corrected chi connectivity index (χ4v) is 5.49. The lowest BCUT2D eigenvalue weighted by atomic mass is 9.67. The van der Waals surface area contributed by atoms with Gasteiger partial charge in [-0.15, -0.1) is 0 Å². The molecule has 3 nitrogen and oxygen atoms in total. The Morgan fingerprint density at radius 3 is 1.97 bits per heavy atom. The SMILES string of the molecule is Cc1cccc(C(=O)[C@H](Br)[C@@H](c2ccccc2)C2(C)C(=O)c3ccccc3C2=O)c1. The predicted molar refractivity (Wildman–Crippen MR) is 121 cm³/mol. The van der Waals surface area contributed by atoms with Crippen molar-refractivity contribution in [3.8, 4) is 0 Å². The van der Waals surface area contributed by atoms with Gasteiger partial charge in [-0.3, -0.25) is 14.4 Å². The minimum atomic E-state index is -1.38. The summed E-state index contributed by atoms with van der Waals surface area (Å²) >= 11 is 3.60. The van der Waals surface area contributed by atoms with Crippen LogP contribution in [0.3, 0.4) is 0 Å². The number of aryl methyl sites for hydroxylation is 1. The number of carbonyl (C=O) groups excluding carboxylic acids is 3. The first-order valence-corrected chi connectivity index (χ1v) is 10.8. The summed E-state index contributed by atoms with van der Waals surface area (Å²) in [5.74, 6) is -1.28. The highest BCUT2D eigenvalue weighted by atomic mass is 79.9. The van der Waals surface area contributed by atoms with Crippen molar-refractivity contribution in [1.82, 2.24) is 0 Å². The third-order valence-corrected chi connectivity index (χ3v) is 6.93. The molecule has 4 heteroatoms. The van der Waals surface area contributed by atoms with Gasteiger partial charge in [0.05, 0.1) is 4.83 Å². The van der Waals surface area contributed by atoms with Gasteiger partial charge < -0.3 is 0 Å². The lowest BCUT2D eigenvalue weighted by Crippen LogP contribution is -2.43. The number of halogens is 1. The summed E-state index contributed by atoms with van der Waals surface area (Å²) in [4.78, 5) is 39.7. The smallest absolute Gasteiger partial charge is 0.177 e. The Morgan fingerprint density at radius 1 is 0.833 bits per heavy atom. The zero-order valence-corrected chi connectivity index (χ0v) is 18.3. The average molecular weight is 461 g/mol. The molecule has 0 saturated heterocycles. The van der Waals surface area contributed by atoms with Gasteiger partial charge in [-0.1, -0.05) is 94.3 Å². The molecule has 0 aromatic heterocycles. The zero-order valence-electron chi connectivity index (χ0n) is 16.8. The fourth-order valence-electron chi connectivity index (χ4n) is 4.39. The van der Waals surface area contributed by atoms with E-state index in [4.69, 9.17) is 0 Å². The number of alkyl halides is 1. The van der Waals surface area contributed by atoms with Crippen molar-refractivity contribution in [3.05, 3.63) is 107 Å². The number of ketones is 3. The van der Waals surface area contributed by atoms with Crippen molar-refractivity contribution < 1.29 is 14.4 Å². The standard InChI is InChI=1S/C26H21BrO3/c1-16-9-8-12-18(15-16)23(28)22(27)21(17-10-4-3-5-11-17)26(2)24(29)19-13-6-7-14-20(19)25(26)30/h3-15,21-22H,1-2H3/t21-,22-/m1/s1. The number of benzene rings is 3. The minimum absolute atomic E-state index is 0.148. The van der Waals surface area contributed by atoms with Crippen molar-refractivity contribution in [2.24, 2.45) is 5.41 Å². The molecule has 0 bridgehead atoms. The average Bonchev–Trinajstić information content (AvgIpc) is 2.96. The highest BCUT2D eigenvalue weighted by Gasteiger charge is 2.57. The largest absolute Gasteiger partial charge is 0.293 e. The normalized spacial score (nSPS) is 16.8. The maximum absolute atomic E-state index is 13.5. The van der Waals surface area contributed by atoms with E-state index in [1.807, 2.05) is 55.5 Å². The molecule has 0 radical (unpaired) electrons. The van der Waals surface area contributed by atoms with Crippen LogP contribution in [0.4, 0.5) is 0 Å². The maximum atomic E-state index is 13.5. The summed E-state index contributed by atoms with van der Waals surface area (Å²) in [5.41, 5.74) is 1.78. The van der Waals surface area contributed by atoms with Crippen LogP contribution in [0.25, 0.3) is 0 Å². The second-order valence-electron chi connectivity index (χ2n) is 7.93. The van der Waals surface area contributed by atoms with Crippen LogP contribution in [0.5, 0.6) is 0 Å². The lowest BCUT2D eigenvalue weighted by Gasteiger charge is -2.34. The molecule has 30 heavy (non-hydrogen) atoms. The molecule has 0 saturated carbocycles. The molecule has 0 spiro atoms. The minimum Gasteiger partial charge on any atom is -0.293 e. The third-order valence-electron chi connectivity index (χ3n) is 5.99. The lowest BCUT2D eigenvalue weighted by molar-refractivity contribution is 0.0671. The molecule has 3 aromatic rings. The topological polar surface area (TPSA) is 51.2 Å². The molecular weight excluding hydrogens is 440 g/mol. The van der Waals surface area contributed by atoms with E-state index in [0.29, 0.717) is 16.7 Å². The van der Waals surface area contributed by atoms with E-state index < -0.39 is 16.2 Å². The number of rotatable bonds is 5. The van der Waals surface area contributed by atoms with E-state index in [9.17, 15) is 14.4 Å². The van der Waals surface area contributed by atoms with Gasteiger partial charge in [-0.2, -0.15) is 0 Å². The first-order chi connectivity index (χ1) is 14.4.